The van der Waals surface area contributed by atoms with Gasteiger partial charge in [-0.15, -0.1) is 0 Å². The number of para-hydroxylation sites is 3. The van der Waals surface area contributed by atoms with Gasteiger partial charge in [-0.2, -0.15) is 0 Å². The summed E-state index contributed by atoms with van der Waals surface area (Å²) in [7, 11) is 0. The Balaban J connectivity index is 1.14. The lowest BCUT2D eigenvalue weighted by atomic mass is 9.94. The molecule has 12 rings (SSSR count). The van der Waals surface area contributed by atoms with Crippen LogP contribution in [0.4, 0.5) is 0 Å². The van der Waals surface area contributed by atoms with Crippen LogP contribution in [0.5, 0.6) is 0 Å². The Morgan fingerprint density at radius 3 is 1.80 bits per heavy atom. The first kappa shape index (κ1) is 30.9. The van der Waals surface area contributed by atoms with E-state index in [0.717, 1.165) is 44.3 Å². The van der Waals surface area contributed by atoms with Crippen molar-refractivity contribution in [2.24, 2.45) is 0 Å². The zero-order valence-electron chi connectivity index (χ0n) is 30.3. The highest BCUT2D eigenvalue weighted by Crippen LogP contribution is 2.44. The fourth-order valence-corrected chi connectivity index (χ4v) is 9.04. The highest BCUT2D eigenvalue weighted by atomic mass is 15.2. The fourth-order valence-electron chi connectivity index (χ4n) is 9.04. The number of fused-ring (bicyclic) bond motifs is 11. The van der Waals surface area contributed by atoms with E-state index < -0.39 is 0 Å². The van der Waals surface area contributed by atoms with Crippen molar-refractivity contribution >= 4 is 76.1 Å². The molecule has 0 saturated carbocycles. The average Bonchev–Trinajstić information content (AvgIpc) is 3.79. The number of benzene rings is 9. The quantitative estimate of drug-likeness (QED) is 0.182. The molecule has 0 aliphatic rings. The molecule has 4 nitrogen and oxygen atoms in total. The second kappa shape index (κ2) is 12.0. The monoisotopic (exact) mass is 712 g/mol. The first-order chi connectivity index (χ1) is 27.8. The van der Waals surface area contributed by atoms with Crippen LogP contribution in [-0.2, 0) is 0 Å². The van der Waals surface area contributed by atoms with Crippen LogP contribution < -0.4 is 0 Å². The number of rotatable bonds is 4. The summed E-state index contributed by atoms with van der Waals surface area (Å²) in [5.41, 5.74) is 11.1. The molecule has 56 heavy (non-hydrogen) atoms. The third-order valence-corrected chi connectivity index (χ3v) is 11.5. The molecule has 3 heterocycles. The Kier molecular flexibility index (Phi) is 6.60. The third-order valence-electron chi connectivity index (χ3n) is 11.5. The van der Waals surface area contributed by atoms with Gasteiger partial charge in [-0.3, -0.25) is 4.57 Å². The van der Waals surface area contributed by atoms with Crippen molar-refractivity contribution in [1.82, 2.24) is 19.1 Å². The van der Waals surface area contributed by atoms with Crippen molar-refractivity contribution in [2.45, 2.75) is 0 Å². The molecule has 260 valence electrons. The molecule has 0 unspecified atom stereocenters. The highest BCUT2D eigenvalue weighted by Gasteiger charge is 2.22. The molecule has 0 N–H and O–H groups in total. The molecule has 0 amide bonds. The molecule has 12 aromatic rings. The number of aromatic nitrogens is 4. The zero-order chi connectivity index (χ0) is 36.7. The maximum absolute atomic E-state index is 5.30. The Hall–Kier alpha value is -7.56. The third kappa shape index (κ3) is 4.47. The first-order valence-electron chi connectivity index (χ1n) is 19.1. The van der Waals surface area contributed by atoms with Crippen molar-refractivity contribution in [1.29, 1.82) is 0 Å². The molecule has 0 radical (unpaired) electrons. The van der Waals surface area contributed by atoms with E-state index >= 15 is 0 Å². The molecule has 0 atom stereocenters. The predicted octanol–water partition coefficient (Wildman–Crippen LogP) is 13.5. The van der Waals surface area contributed by atoms with Crippen LogP contribution in [0.1, 0.15) is 0 Å². The lowest BCUT2D eigenvalue weighted by Crippen LogP contribution is -2.03. The molecular formula is C52H32N4. The van der Waals surface area contributed by atoms with Crippen molar-refractivity contribution in [3.63, 3.8) is 0 Å². The van der Waals surface area contributed by atoms with Gasteiger partial charge in [-0.25, -0.2) is 9.97 Å². The summed E-state index contributed by atoms with van der Waals surface area (Å²) in [5.74, 6) is 0.661. The van der Waals surface area contributed by atoms with Crippen molar-refractivity contribution < 1.29 is 0 Å². The van der Waals surface area contributed by atoms with Crippen LogP contribution in [0.2, 0.25) is 0 Å². The van der Waals surface area contributed by atoms with Crippen LogP contribution in [-0.4, -0.2) is 19.1 Å². The predicted molar refractivity (Wildman–Crippen MR) is 234 cm³/mol. The Morgan fingerprint density at radius 2 is 0.964 bits per heavy atom. The summed E-state index contributed by atoms with van der Waals surface area (Å²) >= 11 is 0. The van der Waals surface area contributed by atoms with Gasteiger partial charge < -0.3 is 4.57 Å². The molecule has 9 aromatic carbocycles. The van der Waals surface area contributed by atoms with Gasteiger partial charge in [-0.1, -0.05) is 152 Å². The molecule has 0 bridgehead atoms. The summed E-state index contributed by atoms with van der Waals surface area (Å²) in [5, 5.41) is 10.8. The minimum Gasteiger partial charge on any atom is -0.308 e. The van der Waals surface area contributed by atoms with Crippen LogP contribution in [0.15, 0.2) is 194 Å². The van der Waals surface area contributed by atoms with Gasteiger partial charge in [0, 0.05) is 49.0 Å². The molecular weight excluding hydrogens is 681 g/mol. The van der Waals surface area contributed by atoms with Crippen molar-refractivity contribution in [3.05, 3.63) is 194 Å². The molecule has 4 heteroatoms. The largest absolute Gasteiger partial charge is 0.308 e. The second-order valence-electron chi connectivity index (χ2n) is 14.6. The van der Waals surface area contributed by atoms with Gasteiger partial charge in [0.05, 0.1) is 33.3 Å². The fraction of sp³-hybridized carbons (Fsp3) is 0. The van der Waals surface area contributed by atoms with E-state index in [1.807, 2.05) is 12.1 Å². The van der Waals surface area contributed by atoms with E-state index in [1.165, 1.54) is 59.9 Å². The smallest absolute Gasteiger partial charge is 0.235 e. The van der Waals surface area contributed by atoms with E-state index in [0.29, 0.717) is 5.95 Å². The van der Waals surface area contributed by atoms with Crippen molar-refractivity contribution in [3.8, 4) is 34.0 Å². The SMILES string of the molecule is c1ccc(-c2nc(-n3c4ccccc4c4cc(-c5cc6c7ccc8ccccc8c7n(-c7ccccc7)c6c6ccccc56)ccc43)nc3ccccc23)cc1. The number of hydrogen-bond acceptors (Lipinski definition) is 2. The Morgan fingerprint density at radius 1 is 0.339 bits per heavy atom. The van der Waals surface area contributed by atoms with E-state index in [1.54, 1.807) is 0 Å². The van der Waals surface area contributed by atoms with Gasteiger partial charge in [0.25, 0.3) is 0 Å². The van der Waals surface area contributed by atoms with Crippen LogP contribution in [0.3, 0.4) is 0 Å². The van der Waals surface area contributed by atoms with Crippen LogP contribution in [0, 0.1) is 0 Å². The summed E-state index contributed by atoms with van der Waals surface area (Å²) in [4.78, 5) is 10.5. The highest BCUT2D eigenvalue weighted by molar-refractivity contribution is 6.26. The average molecular weight is 713 g/mol. The summed E-state index contributed by atoms with van der Waals surface area (Å²) in [6.45, 7) is 0. The Bertz CT molecular complexity index is 3520. The molecule has 0 aliphatic heterocycles. The lowest BCUT2D eigenvalue weighted by molar-refractivity contribution is 1.01. The molecule has 0 spiro atoms. The van der Waals surface area contributed by atoms with Gasteiger partial charge in [0.15, 0.2) is 0 Å². The zero-order valence-corrected chi connectivity index (χ0v) is 30.3. The van der Waals surface area contributed by atoms with E-state index in [-0.39, 0.29) is 0 Å². The van der Waals surface area contributed by atoms with Gasteiger partial charge in [0.1, 0.15) is 0 Å². The van der Waals surface area contributed by atoms with E-state index in [4.69, 9.17) is 9.97 Å². The summed E-state index contributed by atoms with van der Waals surface area (Å²) < 4.78 is 4.70. The lowest BCUT2D eigenvalue weighted by Gasteiger charge is -2.14. The standard InChI is InChI=1S/C52H32N4/c1-3-16-34(17-4-1)49-42-24-11-13-25-46(42)53-52(54-49)56-47-26-14-12-22-39(47)44-31-35(28-30-48(44)56)43-32-45-41-29-27-33-15-7-8-20-37(33)50(41)55(36-18-5-2-6-19-36)51(45)40-23-10-9-21-38(40)43/h1-32H. The summed E-state index contributed by atoms with van der Waals surface area (Å²) in [6, 6.07) is 69.7. The van der Waals surface area contributed by atoms with Gasteiger partial charge in [-0.05, 0) is 64.4 Å². The Labute approximate surface area is 322 Å². The normalized spacial score (nSPS) is 11.9. The molecule has 3 aromatic heterocycles. The van der Waals surface area contributed by atoms with Crippen molar-refractivity contribution in [2.75, 3.05) is 0 Å². The molecule has 0 saturated heterocycles. The van der Waals surface area contributed by atoms with E-state index in [2.05, 4.69) is 191 Å². The number of hydrogen-bond donors (Lipinski definition) is 0. The minimum atomic E-state index is 0.661. The van der Waals surface area contributed by atoms with Gasteiger partial charge >= 0.3 is 0 Å². The summed E-state index contributed by atoms with van der Waals surface area (Å²) in [6.07, 6.45) is 0. The number of nitrogens with zero attached hydrogens (tertiary/aromatic N) is 4. The van der Waals surface area contributed by atoms with Crippen LogP contribution in [0.25, 0.3) is 110 Å². The maximum atomic E-state index is 5.30. The van der Waals surface area contributed by atoms with E-state index in [9.17, 15) is 0 Å². The first-order valence-corrected chi connectivity index (χ1v) is 19.1. The molecule has 0 fully saturated rings. The maximum Gasteiger partial charge on any atom is 0.235 e. The second-order valence-corrected chi connectivity index (χ2v) is 14.6. The van der Waals surface area contributed by atoms with Crippen LogP contribution >= 0.6 is 0 Å². The minimum absolute atomic E-state index is 0.661. The molecule has 0 aliphatic carbocycles. The topological polar surface area (TPSA) is 35.6 Å². The van der Waals surface area contributed by atoms with Gasteiger partial charge in [0.2, 0.25) is 5.95 Å².